The lowest BCUT2D eigenvalue weighted by Gasteiger charge is -2.48. The molecule has 0 radical (unpaired) electrons. The highest BCUT2D eigenvalue weighted by Gasteiger charge is 2.46. The average Bonchev–Trinajstić information content (AvgIpc) is 2.62. The molecule has 2 nitrogen and oxygen atoms in total. The SMILES string of the molecule is CCc1ccc(O)c(C2(C3C=CC=CN3C)C=CC=CC2CC)c1. The van der Waals surface area contributed by atoms with Gasteiger partial charge in [0.05, 0.1) is 6.04 Å². The van der Waals surface area contributed by atoms with E-state index >= 15 is 0 Å². The van der Waals surface area contributed by atoms with Crippen LogP contribution in [0.2, 0.25) is 0 Å². The fourth-order valence-corrected chi connectivity index (χ4v) is 4.17. The molecule has 1 N–H and O–H groups in total. The van der Waals surface area contributed by atoms with Crippen LogP contribution in [0.15, 0.2) is 66.9 Å². The lowest BCUT2D eigenvalue weighted by molar-refractivity contribution is 0.217. The molecule has 2 aliphatic rings. The highest BCUT2D eigenvalue weighted by molar-refractivity contribution is 5.51. The van der Waals surface area contributed by atoms with Gasteiger partial charge in [0.15, 0.2) is 0 Å². The van der Waals surface area contributed by atoms with Crippen molar-refractivity contribution in [3.8, 4) is 5.75 Å². The Balaban J connectivity index is 2.23. The molecule has 126 valence electrons. The maximum Gasteiger partial charge on any atom is 0.119 e. The number of hydrogen-bond donors (Lipinski definition) is 1. The monoisotopic (exact) mass is 321 g/mol. The second kappa shape index (κ2) is 6.72. The molecule has 3 unspecified atom stereocenters. The van der Waals surface area contributed by atoms with Gasteiger partial charge in [-0.1, -0.05) is 62.4 Å². The Bertz CT molecular complexity index is 713. The van der Waals surface area contributed by atoms with E-state index in [0.29, 0.717) is 11.7 Å². The van der Waals surface area contributed by atoms with Crippen molar-refractivity contribution in [1.82, 2.24) is 4.90 Å². The van der Waals surface area contributed by atoms with E-state index < -0.39 is 0 Å². The van der Waals surface area contributed by atoms with Crippen LogP contribution >= 0.6 is 0 Å². The van der Waals surface area contributed by atoms with Gasteiger partial charge in [0, 0.05) is 18.0 Å². The van der Waals surface area contributed by atoms with Crippen LogP contribution in [0.25, 0.3) is 0 Å². The van der Waals surface area contributed by atoms with E-state index in [1.54, 1.807) is 0 Å². The quantitative estimate of drug-likeness (QED) is 0.866. The van der Waals surface area contributed by atoms with E-state index in [1.807, 2.05) is 12.1 Å². The molecule has 1 aliphatic carbocycles. The van der Waals surface area contributed by atoms with Gasteiger partial charge in [0.2, 0.25) is 0 Å². The molecule has 3 rings (SSSR count). The Kier molecular flexibility index (Phi) is 4.66. The zero-order valence-electron chi connectivity index (χ0n) is 14.8. The van der Waals surface area contributed by atoms with E-state index in [2.05, 4.69) is 80.6 Å². The molecule has 0 aromatic heterocycles. The van der Waals surface area contributed by atoms with Gasteiger partial charge in [0.25, 0.3) is 0 Å². The highest BCUT2D eigenvalue weighted by atomic mass is 16.3. The zero-order valence-corrected chi connectivity index (χ0v) is 14.8. The zero-order chi connectivity index (χ0) is 17.2. The summed E-state index contributed by atoms with van der Waals surface area (Å²) in [7, 11) is 2.12. The summed E-state index contributed by atoms with van der Waals surface area (Å²) in [4.78, 5) is 2.25. The van der Waals surface area contributed by atoms with Gasteiger partial charge in [-0.2, -0.15) is 0 Å². The van der Waals surface area contributed by atoms with E-state index in [4.69, 9.17) is 0 Å². The molecular weight excluding hydrogens is 294 g/mol. The number of rotatable bonds is 4. The van der Waals surface area contributed by atoms with Crippen LogP contribution < -0.4 is 0 Å². The van der Waals surface area contributed by atoms with Crippen LogP contribution in [0.1, 0.15) is 31.4 Å². The van der Waals surface area contributed by atoms with Crippen molar-refractivity contribution in [1.29, 1.82) is 0 Å². The summed E-state index contributed by atoms with van der Waals surface area (Å²) in [5.41, 5.74) is 2.03. The van der Waals surface area contributed by atoms with Crippen LogP contribution in [-0.4, -0.2) is 23.1 Å². The smallest absolute Gasteiger partial charge is 0.119 e. The second-order valence-corrected chi connectivity index (χ2v) is 6.73. The molecule has 1 aromatic rings. The molecular formula is C22H27NO. The number of aromatic hydroxyl groups is 1. The molecule has 2 heteroatoms. The summed E-state index contributed by atoms with van der Waals surface area (Å²) >= 11 is 0. The predicted octanol–water partition coefficient (Wildman–Crippen LogP) is 4.73. The fourth-order valence-electron chi connectivity index (χ4n) is 4.17. The second-order valence-electron chi connectivity index (χ2n) is 6.73. The molecule has 0 amide bonds. The van der Waals surface area contributed by atoms with Crippen molar-refractivity contribution in [3.63, 3.8) is 0 Å². The van der Waals surface area contributed by atoms with Crippen LogP contribution in [0.5, 0.6) is 5.75 Å². The number of phenols is 1. The highest BCUT2D eigenvalue weighted by Crippen LogP contribution is 2.48. The molecule has 1 aromatic carbocycles. The summed E-state index contributed by atoms with van der Waals surface area (Å²) in [5, 5.41) is 10.8. The van der Waals surface area contributed by atoms with Gasteiger partial charge in [-0.25, -0.2) is 0 Å². The summed E-state index contributed by atoms with van der Waals surface area (Å²) in [6, 6.07) is 6.25. The van der Waals surface area contributed by atoms with Crippen molar-refractivity contribution in [3.05, 3.63) is 78.1 Å². The Morgan fingerprint density at radius 1 is 1.08 bits per heavy atom. The predicted molar refractivity (Wildman–Crippen MR) is 101 cm³/mol. The third-order valence-corrected chi connectivity index (χ3v) is 5.47. The number of phenolic OH excluding ortho intramolecular Hbond substituents is 1. The molecule has 0 spiro atoms. The first-order valence-corrected chi connectivity index (χ1v) is 8.88. The van der Waals surface area contributed by atoms with Gasteiger partial charge >= 0.3 is 0 Å². The van der Waals surface area contributed by atoms with Gasteiger partial charge in [-0.15, -0.1) is 0 Å². The van der Waals surface area contributed by atoms with Gasteiger partial charge < -0.3 is 10.0 Å². The summed E-state index contributed by atoms with van der Waals surface area (Å²) in [6.45, 7) is 4.39. The van der Waals surface area contributed by atoms with Gasteiger partial charge in [-0.3, -0.25) is 0 Å². The van der Waals surface area contributed by atoms with Crippen LogP contribution in [0, 0.1) is 5.92 Å². The van der Waals surface area contributed by atoms with E-state index in [9.17, 15) is 5.11 Å². The Morgan fingerprint density at radius 3 is 2.58 bits per heavy atom. The first-order valence-electron chi connectivity index (χ1n) is 8.88. The molecule has 0 fully saturated rings. The molecule has 3 atom stereocenters. The Morgan fingerprint density at radius 2 is 1.88 bits per heavy atom. The van der Waals surface area contributed by atoms with Crippen molar-refractivity contribution < 1.29 is 5.11 Å². The van der Waals surface area contributed by atoms with E-state index in [0.717, 1.165) is 18.4 Å². The van der Waals surface area contributed by atoms with Crippen molar-refractivity contribution >= 4 is 0 Å². The minimum absolute atomic E-state index is 0.173. The molecule has 1 aliphatic heterocycles. The summed E-state index contributed by atoms with van der Waals surface area (Å²) in [6.07, 6.45) is 19.4. The van der Waals surface area contributed by atoms with Gasteiger partial charge in [0.1, 0.15) is 5.75 Å². The maximum absolute atomic E-state index is 10.8. The summed E-state index contributed by atoms with van der Waals surface area (Å²) in [5.74, 6) is 0.728. The lowest BCUT2D eigenvalue weighted by atomic mass is 9.61. The first kappa shape index (κ1) is 16.6. The molecule has 24 heavy (non-hydrogen) atoms. The number of aryl methyl sites for hydroxylation is 1. The van der Waals surface area contributed by atoms with Crippen LogP contribution in [0.4, 0.5) is 0 Å². The van der Waals surface area contributed by atoms with Crippen molar-refractivity contribution in [2.24, 2.45) is 5.92 Å². The van der Waals surface area contributed by atoms with E-state index in [-0.39, 0.29) is 11.5 Å². The maximum atomic E-state index is 10.8. The molecule has 0 saturated carbocycles. The van der Waals surface area contributed by atoms with E-state index in [1.165, 1.54) is 5.56 Å². The number of benzene rings is 1. The molecule has 0 bridgehead atoms. The largest absolute Gasteiger partial charge is 0.508 e. The third-order valence-electron chi connectivity index (χ3n) is 5.47. The van der Waals surface area contributed by atoms with Crippen molar-refractivity contribution in [2.45, 2.75) is 38.1 Å². The number of allylic oxidation sites excluding steroid dienone is 5. The standard InChI is InChI=1S/C22H27NO/c1-4-17-12-13-20(24)19(16-17)22(14-8-6-10-18(22)5-2)21-11-7-9-15-23(21)3/h6-16,18,21,24H,4-5H2,1-3H3. The minimum Gasteiger partial charge on any atom is -0.508 e. The Hall–Kier alpha value is -2.22. The first-order chi connectivity index (χ1) is 11.6. The number of likely N-dealkylation sites (N-methyl/N-ethyl adjacent to an activating group) is 1. The van der Waals surface area contributed by atoms with Crippen LogP contribution in [0.3, 0.4) is 0 Å². The molecule has 0 saturated heterocycles. The topological polar surface area (TPSA) is 23.5 Å². The number of nitrogens with zero attached hydrogens (tertiary/aromatic N) is 1. The third kappa shape index (κ3) is 2.60. The fraction of sp³-hybridized carbons (Fsp3) is 0.364. The molecule has 1 heterocycles. The normalized spacial score (nSPS) is 28.5. The number of hydrogen-bond acceptors (Lipinski definition) is 2. The summed E-state index contributed by atoms with van der Waals surface area (Å²) < 4.78 is 0. The Labute approximate surface area is 145 Å². The average molecular weight is 321 g/mol. The van der Waals surface area contributed by atoms with Crippen molar-refractivity contribution in [2.75, 3.05) is 7.05 Å². The lowest BCUT2D eigenvalue weighted by Crippen LogP contribution is -2.50. The minimum atomic E-state index is -0.269. The van der Waals surface area contributed by atoms with Gasteiger partial charge in [-0.05, 0) is 42.7 Å². The van der Waals surface area contributed by atoms with Crippen LogP contribution in [-0.2, 0) is 11.8 Å².